The minimum atomic E-state index is -0.0151. The van der Waals surface area contributed by atoms with Gasteiger partial charge in [-0.15, -0.1) is 0 Å². The molecule has 0 fully saturated rings. The highest BCUT2D eigenvalue weighted by molar-refractivity contribution is 5.58. The zero-order chi connectivity index (χ0) is 11.8. The van der Waals surface area contributed by atoms with Crippen LogP contribution < -0.4 is 9.47 Å². The molecule has 3 heteroatoms. The van der Waals surface area contributed by atoms with E-state index in [4.69, 9.17) is 14.7 Å². The SMILES string of the molecule is C.CC(C)(C)c1ccc(C#N)c2c1OCCO2. The van der Waals surface area contributed by atoms with Crippen molar-refractivity contribution in [3.63, 3.8) is 0 Å². The van der Waals surface area contributed by atoms with E-state index in [1.165, 1.54) is 0 Å². The van der Waals surface area contributed by atoms with Gasteiger partial charge in [-0.05, 0) is 11.5 Å². The maximum atomic E-state index is 9.00. The van der Waals surface area contributed by atoms with Crippen LogP contribution in [-0.4, -0.2) is 13.2 Å². The summed E-state index contributed by atoms with van der Waals surface area (Å²) in [4.78, 5) is 0. The molecule has 1 aliphatic rings. The van der Waals surface area contributed by atoms with Gasteiger partial charge in [0.05, 0.1) is 5.56 Å². The number of rotatable bonds is 0. The smallest absolute Gasteiger partial charge is 0.179 e. The number of nitrogens with zero attached hydrogens (tertiary/aromatic N) is 1. The molecular formula is C14H19NO2. The maximum Gasteiger partial charge on any atom is 0.179 e. The highest BCUT2D eigenvalue weighted by atomic mass is 16.6. The van der Waals surface area contributed by atoms with Crippen LogP contribution in [0.15, 0.2) is 12.1 Å². The lowest BCUT2D eigenvalue weighted by Gasteiger charge is -2.27. The van der Waals surface area contributed by atoms with Crippen LogP contribution in [0.2, 0.25) is 0 Å². The molecule has 2 rings (SSSR count). The van der Waals surface area contributed by atoms with E-state index < -0.39 is 0 Å². The van der Waals surface area contributed by atoms with Gasteiger partial charge in [-0.25, -0.2) is 0 Å². The summed E-state index contributed by atoms with van der Waals surface area (Å²) in [6.07, 6.45) is 0. The van der Waals surface area contributed by atoms with Crippen LogP contribution in [0.25, 0.3) is 0 Å². The van der Waals surface area contributed by atoms with E-state index >= 15 is 0 Å². The van der Waals surface area contributed by atoms with Crippen molar-refractivity contribution in [2.24, 2.45) is 0 Å². The first-order valence-corrected chi connectivity index (χ1v) is 5.37. The third kappa shape index (κ3) is 2.36. The molecule has 0 bridgehead atoms. The molecule has 17 heavy (non-hydrogen) atoms. The summed E-state index contributed by atoms with van der Waals surface area (Å²) >= 11 is 0. The predicted octanol–water partition coefficient (Wildman–Crippen LogP) is 3.26. The quantitative estimate of drug-likeness (QED) is 0.690. The first-order chi connectivity index (χ1) is 7.54. The van der Waals surface area contributed by atoms with E-state index in [2.05, 4.69) is 26.8 Å². The fourth-order valence-electron chi connectivity index (χ4n) is 1.82. The van der Waals surface area contributed by atoms with Crippen LogP contribution >= 0.6 is 0 Å². The lowest BCUT2D eigenvalue weighted by molar-refractivity contribution is 0.167. The molecule has 3 nitrogen and oxygen atoms in total. The van der Waals surface area contributed by atoms with Gasteiger partial charge in [-0.1, -0.05) is 34.3 Å². The third-order valence-corrected chi connectivity index (χ3v) is 2.62. The molecule has 0 amide bonds. The summed E-state index contributed by atoms with van der Waals surface area (Å²) in [5, 5.41) is 9.00. The summed E-state index contributed by atoms with van der Waals surface area (Å²) < 4.78 is 11.2. The molecule has 1 aromatic carbocycles. The molecule has 0 atom stereocenters. The summed E-state index contributed by atoms with van der Waals surface area (Å²) in [5.41, 5.74) is 1.61. The monoisotopic (exact) mass is 233 g/mol. The van der Waals surface area contributed by atoms with Crippen LogP contribution in [0.4, 0.5) is 0 Å². The van der Waals surface area contributed by atoms with Crippen LogP contribution in [0.1, 0.15) is 39.3 Å². The second-order valence-corrected chi connectivity index (χ2v) is 4.88. The number of hydrogen-bond acceptors (Lipinski definition) is 3. The minimum Gasteiger partial charge on any atom is -0.486 e. The standard InChI is InChI=1S/C13H15NO2.CH4/c1-13(2,3)10-5-4-9(8-14)11-12(10)16-7-6-15-11;/h4-5H,6-7H2,1-3H3;1H4. The number of hydrogen-bond donors (Lipinski definition) is 0. The predicted molar refractivity (Wildman–Crippen MR) is 67.6 cm³/mol. The number of benzene rings is 1. The lowest BCUT2D eigenvalue weighted by Crippen LogP contribution is -2.21. The fraction of sp³-hybridized carbons (Fsp3) is 0.500. The number of nitriles is 1. The Bertz CT molecular complexity index is 453. The average molecular weight is 233 g/mol. The largest absolute Gasteiger partial charge is 0.486 e. The summed E-state index contributed by atoms with van der Waals surface area (Å²) in [5.74, 6) is 1.33. The molecule has 1 aromatic rings. The van der Waals surface area contributed by atoms with Gasteiger partial charge in [-0.3, -0.25) is 0 Å². The second kappa shape index (κ2) is 4.67. The zero-order valence-electron chi connectivity index (χ0n) is 9.83. The van der Waals surface area contributed by atoms with Gasteiger partial charge in [0.25, 0.3) is 0 Å². The highest BCUT2D eigenvalue weighted by Crippen LogP contribution is 2.42. The Balaban J connectivity index is 0.00000144. The molecule has 1 aliphatic heterocycles. The van der Waals surface area contributed by atoms with Crippen molar-refractivity contribution < 1.29 is 9.47 Å². The van der Waals surface area contributed by atoms with Crippen LogP contribution in [0.5, 0.6) is 11.5 Å². The van der Waals surface area contributed by atoms with E-state index in [1.807, 2.05) is 6.07 Å². The Morgan fingerprint density at radius 2 is 1.71 bits per heavy atom. The van der Waals surface area contributed by atoms with Gasteiger partial charge in [-0.2, -0.15) is 5.26 Å². The molecule has 0 radical (unpaired) electrons. The molecule has 0 N–H and O–H groups in total. The number of fused-ring (bicyclic) bond motifs is 1. The van der Waals surface area contributed by atoms with Crippen molar-refractivity contribution in [1.82, 2.24) is 0 Å². The summed E-state index contributed by atoms with van der Waals surface area (Å²) in [6.45, 7) is 7.41. The Morgan fingerprint density at radius 3 is 2.24 bits per heavy atom. The molecule has 0 spiro atoms. The highest BCUT2D eigenvalue weighted by Gasteiger charge is 2.26. The van der Waals surface area contributed by atoms with Gasteiger partial charge >= 0.3 is 0 Å². The third-order valence-electron chi connectivity index (χ3n) is 2.62. The van der Waals surface area contributed by atoms with Crippen molar-refractivity contribution in [3.8, 4) is 17.6 Å². The van der Waals surface area contributed by atoms with Crippen LogP contribution in [0.3, 0.4) is 0 Å². The number of ether oxygens (including phenoxy) is 2. The molecule has 0 aromatic heterocycles. The normalized spacial score (nSPS) is 13.5. The minimum absolute atomic E-state index is 0. The summed E-state index contributed by atoms with van der Waals surface area (Å²) in [7, 11) is 0. The molecule has 0 saturated heterocycles. The van der Waals surface area contributed by atoms with E-state index in [0.717, 1.165) is 11.3 Å². The van der Waals surface area contributed by atoms with Gasteiger partial charge < -0.3 is 9.47 Å². The fourth-order valence-corrected chi connectivity index (χ4v) is 1.82. The maximum absolute atomic E-state index is 9.00. The van der Waals surface area contributed by atoms with Crippen LogP contribution in [0, 0.1) is 11.3 Å². The van der Waals surface area contributed by atoms with Crippen molar-refractivity contribution in [1.29, 1.82) is 5.26 Å². The van der Waals surface area contributed by atoms with Gasteiger partial charge in [0.1, 0.15) is 19.3 Å². The lowest BCUT2D eigenvalue weighted by atomic mass is 9.85. The zero-order valence-corrected chi connectivity index (χ0v) is 9.83. The van der Waals surface area contributed by atoms with E-state index in [9.17, 15) is 0 Å². The Kier molecular flexibility index (Phi) is 3.67. The first kappa shape index (κ1) is 13.4. The van der Waals surface area contributed by atoms with Crippen LogP contribution in [-0.2, 0) is 5.41 Å². The van der Waals surface area contributed by atoms with Gasteiger partial charge in [0.15, 0.2) is 11.5 Å². The average Bonchev–Trinajstić information content (AvgIpc) is 2.26. The molecule has 0 aliphatic carbocycles. The molecular weight excluding hydrogens is 214 g/mol. The molecule has 0 saturated carbocycles. The van der Waals surface area contributed by atoms with E-state index in [-0.39, 0.29) is 12.8 Å². The molecule has 0 unspecified atom stereocenters. The Morgan fingerprint density at radius 1 is 1.12 bits per heavy atom. The van der Waals surface area contributed by atoms with E-state index in [1.54, 1.807) is 6.07 Å². The topological polar surface area (TPSA) is 42.2 Å². The van der Waals surface area contributed by atoms with E-state index in [0.29, 0.717) is 24.5 Å². The Labute approximate surface area is 103 Å². The second-order valence-electron chi connectivity index (χ2n) is 4.88. The molecule has 1 heterocycles. The van der Waals surface area contributed by atoms with Crippen molar-refractivity contribution in [3.05, 3.63) is 23.3 Å². The van der Waals surface area contributed by atoms with Crippen molar-refractivity contribution in [2.45, 2.75) is 33.6 Å². The van der Waals surface area contributed by atoms with Crippen molar-refractivity contribution in [2.75, 3.05) is 13.2 Å². The van der Waals surface area contributed by atoms with Gasteiger partial charge in [0, 0.05) is 5.56 Å². The Hall–Kier alpha value is -1.69. The first-order valence-electron chi connectivity index (χ1n) is 5.37. The summed E-state index contributed by atoms with van der Waals surface area (Å²) in [6, 6.07) is 5.88. The van der Waals surface area contributed by atoms with Crippen molar-refractivity contribution >= 4 is 0 Å². The molecule has 92 valence electrons. The van der Waals surface area contributed by atoms with Gasteiger partial charge in [0.2, 0.25) is 0 Å².